The second-order valence-corrected chi connectivity index (χ2v) is 6.02. The second kappa shape index (κ2) is 7.56. The highest BCUT2D eigenvalue weighted by Crippen LogP contribution is 2.17. The van der Waals surface area contributed by atoms with Crippen LogP contribution in [-0.2, 0) is 4.79 Å². The van der Waals surface area contributed by atoms with E-state index in [4.69, 9.17) is 0 Å². The second-order valence-electron chi connectivity index (χ2n) is 4.87. The minimum absolute atomic E-state index is 0.130. The van der Waals surface area contributed by atoms with E-state index < -0.39 is 0 Å². The van der Waals surface area contributed by atoms with Gasteiger partial charge in [0.2, 0.25) is 5.91 Å². The van der Waals surface area contributed by atoms with Crippen molar-refractivity contribution in [2.75, 3.05) is 18.1 Å². The van der Waals surface area contributed by atoms with E-state index in [2.05, 4.69) is 29.7 Å². The fraction of sp³-hybridized carbons (Fsp3) is 0.533. The molecule has 0 bridgehead atoms. The molecule has 0 aromatic heterocycles. The third-order valence-electron chi connectivity index (χ3n) is 3.38. The van der Waals surface area contributed by atoms with Crippen molar-refractivity contribution < 1.29 is 4.79 Å². The summed E-state index contributed by atoms with van der Waals surface area (Å²) in [4.78, 5) is 12.1. The lowest BCUT2D eigenvalue weighted by Gasteiger charge is -2.24. The molecule has 1 aromatic carbocycles. The first-order chi connectivity index (χ1) is 9.29. The van der Waals surface area contributed by atoms with E-state index in [1.54, 1.807) is 0 Å². The lowest BCUT2D eigenvalue weighted by molar-refractivity contribution is -0.122. The topological polar surface area (TPSA) is 41.1 Å². The summed E-state index contributed by atoms with van der Waals surface area (Å²) in [5, 5.41) is 6.54. The fourth-order valence-corrected chi connectivity index (χ4v) is 3.28. The van der Waals surface area contributed by atoms with Gasteiger partial charge in [0.05, 0.1) is 6.04 Å². The third kappa shape index (κ3) is 4.55. The highest BCUT2D eigenvalue weighted by molar-refractivity contribution is 7.99. The summed E-state index contributed by atoms with van der Waals surface area (Å²) in [6, 6.07) is 10.6. The van der Waals surface area contributed by atoms with Crippen LogP contribution in [0, 0.1) is 0 Å². The Morgan fingerprint density at radius 2 is 2.26 bits per heavy atom. The number of carbonyl (C=O) groups is 1. The number of hydrogen-bond acceptors (Lipinski definition) is 3. The Bertz CT molecular complexity index is 390. The summed E-state index contributed by atoms with van der Waals surface area (Å²) in [6.45, 7) is 3.12. The van der Waals surface area contributed by atoms with Gasteiger partial charge in [0.1, 0.15) is 0 Å². The van der Waals surface area contributed by atoms with Crippen molar-refractivity contribution in [3.8, 4) is 0 Å². The first kappa shape index (κ1) is 14.4. The molecule has 2 unspecified atom stereocenters. The Balaban J connectivity index is 1.85. The highest BCUT2D eigenvalue weighted by atomic mass is 32.2. The van der Waals surface area contributed by atoms with Gasteiger partial charge in [0, 0.05) is 30.5 Å². The summed E-state index contributed by atoms with van der Waals surface area (Å²) in [5.41, 5.74) is 1.18. The van der Waals surface area contributed by atoms with E-state index >= 15 is 0 Å². The van der Waals surface area contributed by atoms with Crippen molar-refractivity contribution in [2.24, 2.45) is 0 Å². The summed E-state index contributed by atoms with van der Waals surface area (Å²) in [7, 11) is 0. The van der Waals surface area contributed by atoms with Crippen LogP contribution in [-0.4, -0.2) is 30.0 Å². The molecule has 1 heterocycles. The normalized spacial score (nSPS) is 20.8. The van der Waals surface area contributed by atoms with Crippen LogP contribution in [0.15, 0.2) is 30.3 Å². The van der Waals surface area contributed by atoms with E-state index in [-0.39, 0.29) is 11.9 Å². The van der Waals surface area contributed by atoms with Gasteiger partial charge in [-0.3, -0.25) is 4.79 Å². The standard InChI is InChI=1S/C15H22N2OS/c1-2-14(12-6-4-3-5-7-12)17-15(18)10-13-11-19-9-8-16-13/h3-7,13-14,16H,2,8-11H2,1H3,(H,17,18). The van der Waals surface area contributed by atoms with Gasteiger partial charge in [-0.1, -0.05) is 37.3 Å². The van der Waals surface area contributed by atoms with Crippen molar-refractivity contribution in [2.45, 2.75) is 31.8 Å². The van der Waals surface area contributed by atoms with Crippen LogP contribution in [0.25, 0.3) is 0 Å². The predicted octanol–water partition coefficient (Wildman–Crippen LogP) is 2.35. The Labute approximate surface area is 119 Å². The molecule has 1 aliphatic rings. The first-order valence-electron chi connectivity index (χ1n) is 6.95. The van der Waals surface area contributed by atoms with Crippen molar-refractivity contribution in [3.63, 3.8) is 0 Å². The van der Waals surface area contributed by atoms with E-state index in [0.29, 0.717) is 12.5 Å². The van der Waals surface area contributed by atoms with Crippen LogP contribution in [0.3, 0.4) is 0 Å². The molecular formula is C15H22N2OS. The molecule has 1 fully saturated rings. The van der Waals surface area contributed by atoms with Gasteiger partial charge in [-0.05, 0) is 12.0 Å². The molecule has 1 aromatic rings. The fourth-order valence-electron chi connectivity index (χ4n) is 2.33. The first-order valence-corrected chi connectivity index (χ1v) is 8.10. The number of benzene rings is 1. The maximum Gasteiger partial charge on any atom is 0.222 e. The minimum atomic E-state index is 0.130. The summed E-state index contributed by atoms with van der Waals surface area (Å²) >= 11 is 1.92. The molecule has 2 rings (SSSR count). The maximum atomic E-state index is 12.1. The molecule has 0 aliphatic carbocycles. The van der Waals surface area contributed by atoms with Gasteiger partial charge in [0.15, 0.2) is 0 Å². The van der Waals surface area contributed by atoms with Gasteiger partial charge in [-0.15, -0.1) is 0 Å². The van der Waals surface area contributed by atoms with Crippen LogP contribution in [0.1, 0.15) is 31.4 Å². The van der Waals surface area contributed by atoms with Crippen LogP contribution in [0.5, 0.6) is 0 Å². The molecule has 2 atom stereocenters. The molecule has 0 spiro atoms. The van der Waals surface area contributed by atoms with Crippen LogP contribution < -0.4 is 10.6 Å². The van der Waals surface area contributed by atoms with Gasteiger partial charge in [0.25, 0.3) is 0 Å². The van der Waals surface area contributed by atoms with Crippen LogP contribution >= 0.6 is 11.8 Å². The smallest absolute Gasteiger partial charge is 0.222 e. The van der Waals surface area contributed by atoms with E-state index in [0.717, 1.165) is 24.5 Å². The zero-order chi connectivity index (χ0) is 13.5. The maximum absolute atomic E-state index is 12.1. The average Bonchev–Trinajstić information content (AvgIpc) is 2.47. The zero-order valence-corrected chi connectivity index (χ0v) is 12.2. The quantitative estimate of drug-likeness (QED) is 0.868. The SMILES string of the molecule is CCC(NC(=O)CC1CSCCN1)c1ccccc1. The van der Waals surface area contributed by atoms with E-state index in [1.807, 2.05) is 30.0 Å². The molecule has 1 amide bonds. The number of carbonyl (C=O) groups excluding carboxylic acids is 1. The van der Waals surface area contributed by atoms with Crippen molar-refractivity contribution >= 4 is 17.7 Å². The van der Waals surface area contributed by atoms with Crippen molar-refractivity contribution in [1.29, 1.82) is 0 Å². The third-order valence-corrected chi connectivity index (χ3v) is 4.51. The number of amides is 1. The number of rotatable bonds is 5. The number of nitrogens with one attached hydrogen (secondary N) is 2. The Morgan fingerprint density at radius 1 is 1.47 bits per heavy atom. The van der Waals surface area contributed by atoms with Crippen molar-refractivity contribution in [3.05, 3.63) is 35.9 Å². The highest BCUT2D eigenvalue weighted by Gasteiger charge is 2.18. The molecular weight excluding hydrogens is 256 g/mol. The molecule has 3 nitrogen and oxygen atoms in total. The Kier molecular flexibility index (Phi) is 5.73. The molecule has 0 saturated carbocycles. The van der Waals surface area contributed by atoms with Gasteiger partial charge < -0.3 is 10.6 Å². The molecule has 0 radical (unpaired) electrons. The summed E-state index contributed by atoms with van der Waals surface area (Å²) < 4.78 is 0. The molecule has 104 valence electrons. The van der Waals surface area contributed by atoms with Crippen LogP contribution in [0.4, 0.5) is 0 Å². The van der Waals surface area contributed by atoms with E-state index in [9.17, 15) is 4.79 Å². The predicted molar refractivity (Wildman–Crippen MR) is 81.3 cm³/mol. The monoisotopic (exact) mass is 278 g/mol. The molecule has 2 N–H and O–H groups in total. The number of thioether (sulfide) groups is 1. The van der Waals surface area contributed by atoms with Gasteiger partial charge in [-0.25, -0.2) is 0 Å². The molecule has 1 saturated heterocycles. The summed E-state index contributed by atoms with van der Waals surface area (Å²) in [5.74, 6) is 2.34. The lowest BCUT2D eigenvalue weighted by Crippen LogP contribution is -2.41. The summed E-state index contributed by atoms with van der Waals surface area (Å²) in [6.07, 6.45) is 1.50. The largest absolute Gasteiger partial charge is 0.349 e. The molecule has 4 heteroatoms. The Morgan fingerprint density at radius 3 is 2.89 bits per heavy atom. The Hall–Kier alpha value is -1.00. The lowest BCUT2D eigenvalue weighted by atomic mass is 10.0. The zero-order valence-electron chi connectivity index (χ0n) is 11.4. The van der Waals surface area contributed by atoms with Crippen molar-refractivity contribution in [1.82, 2.24) is 10.6 Å². The average molecular weight is 278 g/mol. The minimum Gasteiger partial charge on any atom is -0.349 e. The van der Waals surface area contributed by atoms with Crippen LogP contribution in [0.2, 0.25) is 0 Å². The molecule has 19 heavy (non-hydrogen) atoms. The van der Waals surface area contributed by atoms with Gasteiger partial charge >= 0.3 is 0 Å². The number of hydrogen-bond donors (Lipinski definition) is 2. The molecule has 1 aliphatic heterocycles. The van der Waals surface area contributed by atoms with Gasteiger partial charge in [-0.2, -0.15) is 11.8 Å². The van der Waals surface area contributed by atoms with E-state index in [1.165, 1.54) is 5.56 Å².